The molecule has 1 amide bonds. The van der Waals surface area contributed by atoms with Crippen molar-refractivity contribution in [3.8, 4) is 0 Å². The normalized spacial score (nSPS) is 16.7. The molecule has 1 saturated carbocycles. The number of carbonyl (C=O) groups is 1. The molecule has 0 saturated heterocycles. The molecular formula is C17H21N3OS. The van der Waals surface area contributed by atoms with E-state index in [9.17, 15) is 4.79 Å². The van der Waals surface area contributed by atoms with Gasteiger partial charge in [0.1, 0.15) is 0 Å². The minimum atomic E-state index is -0.362. The van der Waals surface area contributed by atoms with Crippen LogP contribution in [0.25, 0.3) is 0 Å². The zero-order valence-electron chi connectivity index (χ0n) is 12.5. The Morgan fingerprint density at radius 2 is 2.23 bits per heavy atom. The van der Waals surface area contributed by atoms with Crippen molar-refractivity contribution in [2.24, 2.45) is 11.7 Å². The van der Waals surface area contributed by atoms with Gasteiger partial charge in [0.25, 0.3) is 0 Å². The summed E-state index contributed by atoms with van der Waals surface area (Å²) < 4.78 is 0. The molecule has 2 aromatic heterocycles. The first-order valence-corrected chi connectivity index (χ1v) is 8.63. The van der Waals surface area contributed by atoms with Crippen molar-refractivity contribution in [2.45, 2.75) is 38.3 Å². The van der Waals surface area contributed by atoms with Gasteiger partial charge in [-0.1, -0.05) is 18.9 Å². The fourth-order valence-corrected chi connectivity index (χ4v) is 4.00. The van der Waals surface area contributed by atoms with E-state index in [0.29, 0.717) is 11.5 Å². The maximum Gasteiger partial charge on any atom is 0.249 e. The monoisotopic (exact) mass is 315 g/mol. The minimum absolute atomic E-state index is 0.280. The number of thiophene rings is 1. The summed E-state index contributed by atoms with van der Waals surface area (Å²) >= 11 is 1.57. The van der Waals surface area contributed by atoms with E-state index in [-0.39, 0.29) is 11.9 Å². The van der Waals surface area contributed by atoms with E-state index in [2.05, 4.69) is 16.4 Å². The Morgan fingerprint density at radius 1 is 1.41 bits per heavy atom. The van der Waals surface area contributed by atoms with E-state index in [0.717, 1.165) is 17.1 Å². The summed E-state index contributed by atoms with van der Waals surface area (Å²) in [7, 11) is 0. The Balaban J connectivity index is 1.71. The van der Waals surface area contributed by atoms with Crippen molar-refractivity contribution in [1.82, 2.24) is 10.3 Å². The van der Waals surface area contributed by atoms with Gasteiger partial charge in [0.2, 0.25) is 5.91 Å². The van der Waals surface area contributed by atoms with Gasteiger partial charge in [-0.15, -0.1) is 11.3 Å². The first-order chi connectivity index (χ1) is 10.7. The van der Waals surface area contributed by atoms with E-state index in [4.69, 9.17) is 5.73 Å². The molecule has 0 aromatic carbocycles. The summed E-state index contributed by atoms with van der Waals surface area (Å²) in [6.07, 6.45) is 6.98. The van der Waals surface area contributed by atoms with Gasteiger partial charge in [0.05, 0.1) is 17.3 Å². The third kappa shape index (κ3) is 3.54. The molecule has 5 heteroatoms. The molecule has 116 valence electrons. The summed E-state index contributed by atoms with van der Waals surface area (Å²) in [6.45, 7) is 0.746. The van der Waals surface area contributed by atoms with Crippen LogP contribution in [0.15, 0.2) is 35.8 Å². The average molecular weight is 315 g/mol. The van der Waals surface area contributed by atoms with Crippen molar-refractivity contribution < 1.29 is 4.79 Å². The summed E-state index contributed by atoms with van der Waals surface area (Å²) in [5, 5.41) is 5.47. The predicted molar refractivity (Wildman–Crippen MR) is 88.6 cm³/mol. The van der Waals surface area contributed by atoms with Crippen molar-refractivity contribution >= 4 is 17.2 Å². The van der Waals surface area contributed by atoms with Crippen LogP contribution in [0.2, 0.25) is 0 Å². The molecular weight excluding hydrogens is 294 g/mol. The second-order valence-corrected chi connectivity index (χ2v) is 6.82. The molecule has 1 aliphatic carbocycles. The van der Waals surface area contributed by atoms with Crippen LogP contribution in [0.1, 0.15) is 52.7 Å². The largest absolute Gasteiger partial charge is 0.366 e. The number of nitrogens with one attached hydrogen (secondary N) is 1. The third-order valence-corrected chi connectivity index (χ3v) is 5.25. The van der Waals surface area contributed by atoms with E-state index < -0.39 is 0 Å². The van der Waals surface area contributed by atoms with Gasteiger partial charge < -0.3 is 11.1 Å². The topological polar surface area (TPSA) is 68.0 Å². The highest BCUT2D eigenvalue weighted by molar-refractivity contribution is 7.10. The molecule has 3 N–H and O–H groups in total. The number of hydrogen-bond acceptors (Lipinski definition) is 4. The van der Waals surface area contributed by atoms with Crippen molar-refractivity contribution in [3.63, 3.8) is 0 Å². The summed E-state index contributed by atoms with van der Waals surface area (Å²) in [4.78, 5) is 16.8. The summed E-state index contributed by atoms with van der Waals surface area (Å²) in [6, 6.07) is 8.25. The molecule has 4 nitrogen and oxygen atoms in total. The number of amides is 1. The maximum atomic E-state index is 11.2. The van der Waals surface area contributed by atoms with Crippen LogP contribution < -0.4 is 11.1 Å². The number of nitrogens with two attached hydrogens (primary N) is 1. The van der Waals surface area contributed by atoms with Gasteiger partial charge in [-0.2, -0.15) is 0 Å². The Bertz CT molecular complexity index is 620. The number of carbonyl (C=O) groups excluding carboxylic acids is 1. The molecule has 2 heterocycles. The maximum absolute atomic E-state index is 11.2. The van der Waals surface area contributed by atoms with Gasteiger partial charge in [-0.05, 0) is 37.0 Å². The standard InChI is InChI=1S/C17H21N3OS/c18-17(21)13-9-14(22-11-13)10-20-16(12-5-1-2-6-12)15-7-3-4-8-19-15/h3-4,7-9,11-12,16,20H,1-2,5-6,10H2,(H2,18,21). The Kier molecular flexibility index (Phi) is 4.85. The predicted octanol–water partition coefficient (Wildman–Crippen LogP) is 3.26. The smallest absolute Gasteiger partial charge is 0.249 e. The van der Waals surface area contributed by atoms with E-state index in [1.54, 1.807) is 11.3 Å². The van der Waals surface area contributed by atoms with Crippen molar-refractivity contribution in [1.29, 1.82) is 0 Å². The van der Waals surface area contributed by atoms with Crippen LogP contribution in [-0.4, -0.2) is 10.9 Å². The minimum Gasteiger partial charge on any atom is -0.366 e. The lowest BCUT2D eigenvalue weighted by molar-refractivity contribution is 0.100. The molecule has 0 radical (unpaired) electrons. The fraction of sp³-hybridized carbons (Fsp3) is 0.412. The lowest BCUT2D eigenvalue weighted by Crippen LogP contribution is -2.27. The fourth-order valence-electron chi connectivity index (χ4n) is 3.18. The number of nitrogens with zero attached hydrogens (tertiary/aromatic N) is 1. The average Bonchev–Trinajstić information content (AvgIpc) is 3.20. The quantitative estimate of drug-likeness (QED) is 0.859. The van der Waals surface area contributed by atoms with Gasteiger partial charge >= 0.3 is 0 Å². The Morgan fingerprint density at radius 3 is 2.86 bits per heavy atom. The molecule has 1 fully saturated rings. The highest BCUT2D eigenvalue weighted by atomic mass is 32.1. The molecule has 0 aliphatic heterocycles. The molecule has 2 aromatic rings. The molecule has 3 rings (SSSR count). The Hall–Kier alpha value is -1.72. The van der Waals surface area contributed by atoms with Crippen molar-refractivity contribution in [3.05, 3.63) is 52.0 Å². The SMILES string of the molecule is NC(=O)c1csc(CNC(c2ccccn2)C2CCCC2)c1. The summed E-state index contributed by atoms with van der Waals surface area (Å²) in [5.74, 6) is 0.282. The molecule has 1 aliphatic rings. The second kappa shape index (κ2) is 7.03. The van der Waals surface area contributed by atoms with Gasteiger partial charge in [-0.25, -0.2) is 0 Å². The van der Waals surface area contributed by atoms with Crippen LogP contribution in [-0.2, 0) is 6.54 Å². The first-order valence-electron chi connectivity index (χ1n) is 7.75. The first kappa shape index (κ1) is 15.2. The van der Waals surface area contributed by atoms with Gasteiger partial charge in [0.15, 0.2) is 0 Å². The van der Waals surface area contributed by atoms with E-state index in [1.165, 1.54) is 25.7 Å². The number of rotatable bonds is 6. The highest BCUT2D eigenvalue weighted by Crippen LogP contribution is 2.35. The van der Waals surface area contributed by atoms with E-state index in [1.807, 2.05) is 29.8 Å². The summed E-state index contributed by atoms with van der Waals surface area (Å²) in [5.41, 5.74) is 7.02. The zero-order chi connectivity index (χ0) is 15.4. The van der Waals surface area contributed by atoms with Gasteiger partial charge in [0, 0.05) is 23.0 Å². The number of hydrogen-bond donors (Lipinski definition) is 2. The lowest BCUT2D eigenvalue weighted by Gasteiger charge is -2.24. The van der Waals surface area contributed by atoms with Crippen LogP contribution in [0.3, 0.4) is 0 Å². The molecule has 22 heavy (non-hydrogen) atoms. The molecule has 0 bridgehead atoms. The number of primary amides is 1. The second-order valence-electron chi connectivity index (χ2n) is 5.82. The molecule has 1 atom stereocenters. The number of pyridine rings is 1. The van der Waals surface area contributed by atoms with Gasteiger partial charge in [-0.3, -0.25) is 9.78 Å². The number of aromatic nitrogens is 1. The van der Waals surface area contributed by atoms with Crippen LogP contribution >= 0.6 is 11.3 Å². The van der Waals surface area contributed by atoms with E-state index >= 15 is 0 Å². The highest BCUT2D eigenvalue weighted by Gasteiger charge is 2.26. The van der Waals surface area contributed by atoms with Crippen LogP contribution in [0.5, 0.6) is 0 Å². The zero-order valence-corrected chi connectivity index (χ0v) is 13.3. The van der Waals surface area contributed by atoms with Crippen LogP contribution in [0.4, 0.5) is 0 Å². The lowest BCUT2D eigenvalue weighted by atomic mass is 9.95. The Labute approximate surface area is 134 Å². The third-order valence-electron chi connectivity index (χ3n) is 4.31. The van der Waals surface area contributed by atoms with Crippen molar-refractivity contribution in [2.75, 3.05) is 0 Å². The molecule has 1 unspecified atom stereocenters. The van der Waals surface area contributed by atoms with Crippen LogP contribution in [0, 0.1) is 5.92 Å². The molecule has 0 spiro atoms.